The fourth-order valence-electron chi connectivity index (χ4n) is 3.75. The number of piperidine rings is 1. The Labute approximate surface area is 179 Å². The molecule has 0 bridgehead atoms. The van der Waals surface area contributed by atoms with E-state index in [1.807, 2.05) is 67.5 Å². The molecular weight excluding hydrogens is 374 g/mol. The van der Waals surface area contributed by atoms with Crippen LogP contribution in [0.4, 0.5) is 0 Å². The van der Waals surface area contributed by atoms with E-state index in [0.29, 0.717) is 32.5 Å². The van der Waals surface area contributed by atoms with Gasteiger partial charge in [-0.2, -0.15) is 0 Å². The van der Waals surface area contributed by atoms with Gasteiger partial charge in [-0.3, -0.25) is 9.59 Å². The zero-order valence-corrected chi connectivity index (χ0v) is 17.9. The zero-order valence-electron chi connectivity index (χ0n) is 17.9. The molecule has 2 amide bonds. The Kier molecular flexibility index (Phi) is 7.80. The van der Waals surface area contributed by atoms with E-state index in [1.165, 1.54) is 5.56 Å². The zero-order chi connectivity index (χ0) is 21.3. The molecule has 5 heteroatoms. The molecule has 0 radical (unpaired) electrons. The highest BCUT2D eigenvalue weighted by Gasteiger charge is 2.26. The highest BCUT2D eigenvalue weighted by molar-refractivity contribution is 5.92. The number of carbonyl (C=O) groups excluding carboxylic acids is 2. The van der Waals surface area contributed by atoms with Crippen LogP contribution in [0.5, 0.6) is 0 Å². The first-order chi connectivity index (χ1) is 14.5. The summed E-state index contributed by atoms with van der Waals surface area (Å²) in [5, 5.41) is 3.10. The molecule has 0 saturated carbocycles. The number of benzene rings is 2. The Bertz CT molecular complexity index is 869. The third-order valence-corrected chi connectivity index (χ3v) is 5.45. The maximum absolute atomic E-state index is 12.7. The van der Waals surface area contributed by atoms with Crippen molar-refractivity contribution < 1.29 is 9.59 Å². The summed E-state index contributed by atoms with van der Waals surface area (Å²) in [4.78, 5) is 29.0. The van der Waals surface area contributed by atoms with Gasteiger partial charge in [0.15, 0.2) is 0 Å². The van der Waals surface area contributed by atoms with Crippen molar-refractivity contribution >= 4 is 17.9 Å². The third-order valence-electron chi connectivity index (χ3n) is 5.45. The lowest BCUT2D eigenvalue weighted by atomic mass is 9.95. The number of nitrogens with one attached hydrogen (secondary N) is 1. The number of hydrogen-bond acceptors (Lipinski definition) is 3. The number of amides is 2. The molecule has 1 aliphatic rings. The number of nitrogens with zero attached hydrogens (tertiary/aromatic N) is 2. The molecule has 0 unspecified atom stereocenters. The van der Waals surface area contributed by atoms with Crippen molar-refractivity contribution in [3.8, 4) is 0 Å². The lowest BCUT2D eigenvalue weighted by molar-refractivity contribution is -0.132. The standard InChI is InChI=1S/C25H31N3O2/c1-27(2)19-23-11-7-6-10-22(23)18-26-25(30)21-14-16-28(17-15-21)24(29)13-12-20-8-4-3-5-9-20/h3-13,21H,14-19H2,1-2H3,(H,26,30). The molecule has 3 rings (SSSR count). The monoisotopic (exact) mass is 405 g/mol. The Morgan fingerprint density at radius 1 is 1.00 bits per heavy atom. The van der Waals surface area contributed by atoms with Gasteiger partial charge in [0, 0.05) is 38.2 Å². The van der Waals surface area contributed by atoms with Crippen LogP contribution < -0.4 is 5.32 Å². The SMILES string of the molecule is CN(C)Cc1ccccc1CNC(=O)C1CCN(C(=O)C=Cc2ccccc2)CC1. The molecule has 0 spiro atoms. The van der Waals surface area contributed by atoms with Gasteiger partial charge < -0.3 is 15.1 Å². The summed E-state index contributed by atoms with van der Waals surface area (Å²) < 4.78 is 0. The van der Waals surface area contributed by atoms with Crippen LogP contribution in [0.25, 0.3) is 6.08 Å². The van der Waals surface area contributed by atoms with Gasteiger partial charge in [-0.1, -0.05) is 54.6 Å². The first-order valence-corrected chi connectivity index (χ1v) is 10.5. The maximum atomic E-state index is 12.7. The highest BCUT2D eigenvalue weighted by atomic mass is 16.2. The Morgan fingerprint density at radius 2 is 1.63 bits per heavy atom. The van der Waals surface area contributed by atoms with Gasteiger partial charge in [0.05, 0.1) is 0 Å². The summed E-state index contributed by atoms with van der Waals surface area (Å²) in [5.41, 5.74) is 3.39. The molecular formula is C25H31N3O2. The lowest BCUT2D eigenvalue weighted by Gasteiger charge is -2.30. The molecule has 2 aromatic rings. The average Bonchev–Trinajstić information content (AvgIpc) is 2.77. The Balaban J connectivity index is 1.46. The predicted octanol–water partition coefficient (Wildman–Crippen LogP) is 3.32. The van der Waals surface area contributed by atoms with Crippen molar-refractivity contribution in [3.05, 3.63) is 77.4 Å². The molecule has 0 atom stereocenters. The first-order valence-electron chi connectivity index (χ1n) is 10.5. The minimum Gasteiger partial charge on any atom is -0.352 e. The van der Waals surface area contributed by atoms with Crippen molar-refractivity contribution in [3.63, 3.8) is 0 Å². The van der Waals surface area contributed by atoms with E-state index in [-0.39, 0.29) is 17.7 Å². The molecule has 2 aromatic carbocycles. The fraction of sp³-hybridized carbons (Fsp3) is 0.360. The van der Waals surface area contributed by atoms with Crippen LogP contribution in [0.3, 0.4) is 0 Å². The van der Waals surface area contributed by atoms with E-state index in [2.05, 4.69) is 22.3 Å². The van der Waals surface area contributed by atoms with Gasteiger partial charge in [-0.15, -0.1) is 0 Å². The number of hydrogen-bond donors (Lipinski definition) is 1. The average molecular weight is 406 g/mol. The predicted molar refractivity (Wildman–Crippen MR) is 120 cm³/mol. The molecule has 0 aliphatic carbocycles. The van der Waals surface area contributed by atoms with Crippen molar-refractivity contribution in [1.29, 1.82) is 0 Å². The number of likely N-dealkylation sites (tertiary alicyclic amines) is 1. The molecule has 1 aliphatic heterocycles. The van der Waals surface area contributed by atoms with Crippen molar-refractivity contribution in [2.75, 3.05) is 27.2 Å². The molecule has 1 N–H and O–H groups in total. The molecule has 1 heterocycles. The molecule has 158 valence electrons. The quantitative estimate of drug-likeness (QED) is 0.719. The summed E-state index contributed by atoms with van der Waals surface area (Å²) in [5.74, 6) is 0.0603. The maximum Gasteiger partial charge on any atom is 0.246 e. The summed E-state index contributed by atoms with van der Waals surface area (Å²) in [6.07, 6.45) is 4.87. The second-order valence-electron chi connectivity index (χ2n) is 8.07. The second-order valence-corrected chi connectivity index (χ2v) is 8.07. The third kappa shape index (κ3) is 6.29. The molecule has 5 nitrogen and oxygen atoms in total. The minimum absolute atomic E-state index is 0.00956. The Morgan fingerprint density at radius 3 is 2.30 bits per heavy atom. The van der Waals surface area contributed by atoms with E-state index in [1.54, 1.807) is 6.08 Å². The normalized spacial score (nSPS) is 15.0. The molecule has 1 saturated heterocycles. The van der Waals surface area contributed by atoms with Gasteiger partial charge >= 0.3 is 0 Å². The van der Waals surface area contributed by atoms with E-state index in [9.17, 15) is 9.59 Å². The summed E-state index contributed by atoms with van der Waals surface area (Å²) >= 11 is 0. The smallest absolute Gasteiger partial charge is 0.246 e. The summed E-state index contributed by atoms with van der Waals surface area (Å²) in [6.45, 7) is 2.63. The second kappa shape index (κ2) is 10.7. The van der Waals surface area contributed by atoms with Gasteiger partial charge in [0.2, 0.25) is 11.8 Å². The molecule has 30 heavy (non-hydrogen) atoms. The first kappa shape index (κ1) is 21.8. The minimum atomic E-state index is -0.0341. The van der Waals surface area contributed by atoms with Crippen LogP contribution in [0.2, 0.25) is 0 Å². The van der Waals surface area contributed by atoms with Crippen molar-refractivity contribution in [2.45, 2.75) is 25.9 Å². The van der Waals surface area contributed by atoms with Crippen LogP contribution in [-0.2, 0) is 22.7 Å². The van der Waals surface area contributed by atoms with Gasteiger partial charge in [-0.25, -0.2) is 0 Å². The molecule has 0 aromatic heterocycles. The molecule has 1 fully saturated rings. The Hall–Kier alpha value is -2.92. The van der Waals surface area contributed by atoms with Crippen molar-refractivity contribution in [2.24, 2.45) is 5.92 Å². The van der Waals surface area contributed by atoms with Gasteiger partial charge in [0.25, 0.3) is 0 Å². The van der Waals surface area contributed by atoms with E-state index in [4.69, 9.17) is 0 Å². The highest BCUT2D eigenvalue weighted by Crippen LogP contribution is 2.19. The largest absolute Gasteiger partial charge is 0.352 e. The van der Waals surface area contributed by atoms with Crippen LogP contribution in [0.1, 0.15) is 29.5 Å². The lowest BCUT2D eigenvalue weighted by Crippen LogP contribution is -2.42. The van der Waals surface area contributed by atoms with Gasteiger partial charge in [-0.05, 0) is 49.7 Å². The topological polar surface area (TPSA) is 52.7 Å². The van der Waals surface area contributed by atoms with E-state index in [0.717, 1.165) is 17.7 Å². The summed E-state index contributed by atoms with van der Waals surface area (Å²) in [7, 11) is 4.08. The van der Waals surface area contributed by atoms with E-state index >= 15 is 0 Å². The van der Waals surface area contributed by atoms with E-state index < -0.39 is 0 Å². The van der Waals surface area contributed by atoms with Crippen LogP contribution in [0.15, 0.2) is 60.7 Å². The van der Waals surface area contributed by atoms with Crippen LogP contribution >= 0.6 is 0 Å². The van der Waals surface area contributed by atoms with Crippen LogP contribution in [-0.4, -0.2) is 48.8 Å². The number of rotatable bonds is 7. The van der Waals surface area contributed by atoms with Gasteiger partial charge in [0.1, 0.15) is 0 Å². The summed E-state index contributed by atoms with van der Waals surface area (Å²) in [6, 6.07) is 18.0. The number of carbonyl (C=O) groups is 2. The fourth-order valence-corrected chi connectivity index (χ4v) is 3.75. The van der Waals surface area contributed by atoms with Crippen molar-refractivity contribution in [1.82, 2.24) is 15.1 Å². The van der Waals surface area contributed by atoms with Crippen LogP contribution in [0, 0.1) is 5.92 Å².